The molecule has 0 radical (unpaired) electrons. The van der Waals surface area contributed by atoms with Crippen molar-refractivity contribution in [1.82, 2.24) is 19.9 Å². The van der Waals surface area contributed by atoms with Crippen LogP contribution in [0.1, 0.15) is 39.5 Å². The number of rotatable bonds is 7. The maximum Gasteiger partial charge on any atom is 0.410 e. The van der Waals surface area contributed by atoms with Crippen molar-refractivity contribution in [2.24, 2.45) is 0 Å². The van der Waals surface area contributed by atoms with Gasteiger partial charge in [0.25, 0.3) is 0 Å². The van der Waals surface area contributed by atoms with E-state index in [2.05, 4.69) is 44.3 Å². The van der Waals surface area contributed by atoms with Gasteiger partial charge in [0.2, 0.25) is 0 Å². The molecule has 33 heavy (non-hydrogen) atoms. The molecule has 2 saturated heterocycles. The van der Waals surface area contributed by atoms with Crippen molar-refractivity contribution in [2.75, 3.05) is 23.8 Å². The minimum Gasteiger partial charge on any atom is -0.449 e. The number of anilines is 1. The largest absolute Gasteiger partial charge is 0.449 e. The van der Waals surface area contributed by atoms with Crippen LogP contribution in [-0.2, 0) is 4.74 Å². The molecule has 2 aliphatic heterocycles. The molecule has 0 N–H and O–H groups in total. The van der Waals surface area contributed by atoms with E-state index < -0.39 is 5.82 Å². The van der Waals surface area contributed by atoms with Gasteiger partial charge in [-0.05, 0) is 40.9 Å². The Bertz CT molecular complexity index is 1080. The summed E-state index contributed by atoms with van der Waals surface area (Å²) in [5.41, 5.74) is 0.124. The first-order valence-corrected chi connectivity index (χ1v) is 13.3. The zero-order chi connectivity index (χ0) is 23.7. The molecular formula is C22H26BrClFN5O2S. The second kappa shape index (κ2) is 10.3. The average molecular weight is 559 g/mol. The van der Waals surface area contributed by atoms with Crippen LogP contribution in [-0.4, -0.2) is 63.0 Å². The minimum absolute atomic E-state index is 0.0310. The number of ether oxygens (including phenoxy) is 1. The number of hydrogen-bond donors (Lipinski definition) is 0. The number of piperazine rings is 1. The highest BCUT2D eigenvalue weighted by Crippen LogP contribution is 2.41. The first-order valence-electron chi connectivity index (χ1n) is 11.1. The predicted octanol–water partition coefficient (Wildman–Crippen LogP) is 5.84. The lowest BCUT2D eigenvalue weighted by Gasteiger charge is -2.46. The van der Waals surface area contributed by atoms with Gasteiger partial charge in [0.05, 0.1) is 30.1 Å². The van der Waals surface area contributed by atoms with E-state index in [1.165, 1.54) is 11.8 Å². The summed E-state index contributed by atoms with van der Waals surface area (Å²) in [5.74, 6) is 0.625. The molecular weight excluding hydrogens is 533 g/mol. The van der Waals surface area contributed by atoms with Crippen LogP contribution in [0.2, 0.25) is 5.15 Å². The number of amides is 1. The van der Waals surface area contributed by atoms with Crippen LogP contribution in [0.3, 0.4) is 0 Å². The maximum absolute atomic E-state index is 15.0. The smallest absolute Gasteiger partial charge is 0.410 e. The van der Waals surface area contributed by atoms with E-state index >= 15 is 0 Å². The van der Waals surface area contributed by atoms with Gasteiger partial charge in [0.15, 0.2) is 16.1 Å². The average Bonchev–Trinajstić information content (AvgIpc) is 3.11. The minimum atomic E-state index is -0.673. The summed E-state index contributed by atoms with van der Waals surface area (Å²) < 4.78 is 20.9. The lowest BCUT2D eigenvalue weighted by molar-refractivity contribution is 0.0722. The normalized spacial score (nSPS) is 22.2. The fourth-order valence-corrected chi connectivity index (χ4v) is 6.01. The molecule has 4 rings (SSSR count). The number of aromatic nitrogens is 3. The summed E-state index contributed by atoms with van der Waals surface area (Å²) in [5, 5.41) is 0.679. The summed E-state index contributed by atoms with van der Waals surface area (Å²) >= 11 is 10.9. The van der Waals surface area contributed by atoms with Crippen molar-refractivity contribution >= 4 is 62.1 Å². The Labute approximate surface area is 210 Å². The highest BCUT2D eigenvalue weighted by molar-refractivity contribution is 9.10. The summed E-state index contributed by atoms with van der Waals surface area (Å²) in [6, 6.07) is -0.353. The molecule has 11 heteroatoms. The first-order chi connectivity index (χ1) is 15.9. The Morgan fingerprint density at radius 3 is 2.85 bits per heavy atom. The molecule has 2 aliphatic rings. The maximum atomic E-state index is 15.0. The molecule has 0 aliphatic carbocycles. The van der Waals surface area contributed by atoms with E-state index in [1.807, 2.05) is 17.9 Å². The van der Waals surface area contributed by atoms with Crippen LogP contribution in [0, 0.1) is 5.82 Å². The van der Waals surface area contributed by atoms with Gasteiger partial charge in [-0.1, -0.05) is 49.7 Å². The van der Waals surface area contributed by atoms with Crippen LogP contribution in [0.25, 0.3) is 10.9 Å². The van der Waals surface area contributed by atoms with Gasteiger partial charge in [-0.3, -0.25) is 4.90 Å². The third-order valence-electron chi connectivity index (χ3n) is 6.09. The van der Waals surface area contributed by atoms with Crippen LogP contribution in [0.5, 0.6) is 0 Å². The lowest BCUT2D eigenvalue weighted by Crippen LogP contribution is -2.61. The van der Waals surface area contributed by atoms with Gasteiger partial charge in [-0.25, -0.2) is 24.1 Å². The third-order valence-corrected chi connectivity index (χ3v) is 7.64. The zero-order valence-electron chi connectivity index (χ0n) is 18.6. The van der Waals surface area contributed by atoms with Gasteiger partial charge in [-0.2, -0.15) is 0 Å². The number of hydrogen-bond acceptors (Lipinski definition) is 7. The Balaban J connectivity index is 1.77. The van der Waals surface area contributed by atoms with Crippen molar-refractivity contribution in [3.05, 3.63) is 28.2 Å². The number of carbonyl (C=O) groups is 1. The van der Waals surface area contributed by atoms with Crippen molar-refractivity contribution in [2.45, 2.75) is 62.8 Å². The van der Waals surface area contributed by atoms with Crippen molar-refractivity contribution in [3.63, 3.8) is 0 Å². The van der Waals surface area contributed by atoms with E-state index in [0.29, 0.717) is 34.1 Å². The molecule has 2 aromatic rings. The molecule has 0 unspecified atom stereocenters. The molecule has 2 aromatic heterocycles. The van der Waals surface area contributed by atoms with Crippen molar-refractivity contribution < 1.29 is 13.9 Å². The summed E-state index contributed by atoms with van der Waals surface area (Å²) in [6.07, 6.45) is 5.04. The Hall–Kier alpha value is -1.65. The Morgan fingerprint density at radius 1 is 1.36 bits per heavy atom. The fourth-order valence-electron chi connectivity index (χ4n) is 4.63. The summed E-state index contributed by atoms with van der Waals surface area (Å²) in [7, 11) is 0. The summed E-state index contributed by atoms with van der Waals surface area (Å²) in [4.78, 5) is 30.1. The number of halogens is 3. The first kappa shape index (κ1) is 24.5. The SMILES string of the molecule is C=C[C@@H]1[C@@H]2CC[C@H](CN1c1nc(SCC)nc3c(F)c(Cl)nc(Br)c13)N2C(=O)OCCCC. The highest BCUT2D eigenvalue weighted by atomic mass is 79.9. The molecule has 3 atom stereocenters. The number of unbranched alkanes of at least 4 members (excludes halogenated alkanes) is 1. The van der Waals surface area contributed by atoms with E-state index in [0.717, 1.165) is 31.4 Å². The fraction of sp³-hybridized carbons (Fsp3) is 0.545. The number of nitrogens with zero attached hydrogens (tertiary/aromatic N) is 5. The third kappa shape index (κ3) is 4.53. The molecule has 0 spiro atoms. The molecule has 178 valence electrons. The Morgan fingerprint density at radius 2 is 2.15 bits per heavy atom. The van der Waals surface area contributed by atoms with Crippen LogP contribution in [0.15, 0.2) is 22.4 Å². The van der Waals surface area contributed by atoms with E-state index in [4.69, 9.17) is 21.3 Å². The van der Waals surface area contributed by atoms with Crippen LogP contribution >= 0.6 is 39.3 Å². The quantitative estimate of drug-likeness (QED) is 0.139. The predicted molar refractivity (Wildman–Crippen MR) is 133 cm³/mol. The van der Waals surface area contributed by atoms with Crippen molar-refractivity contribution in [1.29, 1.82) is 0 Å². The molecule has 0 saturated carbocycles. The molecule has 7 nitrogen and oxygen atoms in total. The monoisotopic (exact) mass is 557 g/mol. The summed E-state index contributed by atoms with van der Waals surface area (Å²) in [6.45, 7) is 9.03. The lowest BCUT2D eigenvalue weighted by atomic mass is 10.0. The molecule has 2 fully saturated rings. The van der Waals surface area contributed by atoms with Gasteiger partial charge >= 0.3 is 6.09 Å². The van der Waals surface area contributed by atoms with Crippen molar-refractivity contribution in [3.8, 4) is 0 Å². The van der Waals surface area contributed by atoms with E-state index in [1.54, 1.807) is 0 Å². The van der Waals surface area contributed by atoms with E-state index in [-0.39, 0.29) is 34.9 Å². The van der Waals surface area contributed by atoms with Crippen LogP contribution < -0.4 is 4.90 Å². The topological polar surface area (TPSA) is 71.5 Å². The van der Waals surface area contributed by atoms with Gasteiger partial charge in [-0.15, -0.1) is 6.58 Å². The molecule has 0 aromatic carbocycles. The Kier molecular flexibility index (Phi) is 7.65. The molecule has 4 heterocycles. The highest BCUT2D eigenvalue weighted by Gasteiger charge is 2.49. The van der Waals surface area contributed by atoms with Gasteiger partial charge < -0.3 is 9.64 Å². The second-order valence-corrected chi connectivity index (χ2v) is 10.4. The number of pyridine rings is 1. The number of carbonyl (C=O) groups excluding carboxylic acids is 1. The van der Waals surface area contributed by atoms with E-state index in [9.17, 15) is 9.18 Å². The zero-order valence-corrected chi connectivity index (χ0v) is 21.7. The number of fused-ring (bicyclic) bond motifs is 3. The van der Waals surface area contributed by atoms with Gasteiger partial charge in [0, 0.05) is 6.54 Å². The molecule has 2 bridgehead atoms. The second-order valence-electron chi connectivity index (χ2n) is 8.05. The molecule has 1 amide bonds. The standard InChI is InChI=1S/C22H26BrClFN5O2S/c1-4-7-10-32-22(31)30-12-8-9-14(30)13(5-2)29(11-12)20-15-17(26-21(28-20)33-6-3)16(25)19(24)27-18(15)23/h5,12-14H,2,4,6-11H2,1,3H3/t12-,13-,14+/m1/s1. The number of thioether (sulfide) groups is 1. The van der Waals surface area contributed by atoms with Crippen LogP contribution in [0.4, 0.5) is 15.0 Å². The van der Waals surface area contributed by atoms with Gasteiger partial charge in [0.1, 0.15) is 15.9 Å².